The van der Waals surface area contributed by atoms with E-state index in [0.29, 0.717) is 6.42 Å². The average molecular weight is 300 g/mol. The maximum atomic E-state index is 12.5. The van der Waals surface area contributed by atoms with Crippen molar-refractivity contribution < 1.29 is 13.2 Å². The van der Waals surface area contributed by atoms with E-state index in [1.807, 2.05) is 19.1 Å². The number of nitrogens with one attached hydrogen (secondary N) is 1. The van der Waals surface area contributed by atoms with Crippen LogP contribution < -0.4 is 11.3 Å². The van der Waals surface area contributed by atoms with E-state index < -0.39 is 11.7 Å². The quantitative estimate of drug-likeness (QED) is 0.665. The first kappa shape index (κ1) is 15.0. The Bertz CT molecular complexity index is 561. The van der Waals surface area contributed by atoms with Gasteiger partial charge in [0.05, 0.1) is 11.6 Å². The molecule has 108 valence electrons. The highest BCUT2D eigenvalue weighted by molar-refractivity contribution is 7.12. The summed E-state index contributed by atoms with van der Waals surface area (Å²) < 4.78 is 37.5. The maximum absolute atomic E-state index is 12.5. The molecule has 1 aromatic carbocycles. The summed E-state index contributed by atoms with van der Waals surface area (Å²) in [6, 6.07) is 9.07. The molecule has 20 heavy (non-hydrogen) atoms. The SMILES string of the molecule is Cc1ccc(C(Cc2ccc(C(F)(F)F)cc2)NN)s1. The second kappa shape index (κ2) is 5.95. The van der Waals surface area contributed by atoms with Crippen molar-refractivity contribution in [2.75, 3.05) is 0 Å². The first-order chi connectivity index (χ1) is 9.40. The van der Waals surface area contributed by atoms with E-state index in [-0.39, 0.29) is 6.04 Å². The highest BCUT2D eigenvalue weighted by Gasteiger charge is 2.30. The Labute approximate surface area is 119 Å². The number of thiophene rings is 1. The standard InChI is InChI=1S/C14H15F3N2S/c1-9-2-7-13(20-9)12(19-18)8-10-3-5-11(6-4-10)14(15,16)17/h2-7,12,19H,8,18H2,1H3. The van der Waals surface area contributed by atoms with Crippen LogP contribution in [-0.4, -0.2) is 0 Å². The molecule has 1 atom stereocenters. The first-order valence-corrected chi connectivity index (χ1v) is 6.90. The van der Waals surface area contributed by atoms with Crippen molar-refractivity contribution in [3.63, 3.8) is 0 Å². The first-order valence-electron chi connectivity index (χ1n) is 6.09. The average Bonchev–Trinajstić information content (AvgIpc) is 2.82. The molecule has 0 aliphatic rings. The second-order valence-corrected chi connectivity index (χ2v) is 5.89. The van der Waals surface area contributed by atoms with Crippen LogP contribution in [0.15, 0.2) is 36.4 Å². The van der Waals surface area contributed by atoms with E-state index in [1.165, 1.54) is 17.0 Å². The summed E-state index contributed by atoms with van der Waals surface area (Å²) in [5, 5.41) is 0. The van der Waals surface area contributed by atoms with Crippen molar-refractivity contribution in [2.45, 2.75) is 25.6 Å². The van der Waals surface area contributed by atoms with Gasteiger partial charge in [-0.3, -0.25) is 11.3 Å². The Balaban J connectivity index is 2.12. The van der Waals surface area contributed by atoms with Crippen LogP contribution in [0.3, 0.4) is 0 Å². The Morgan fingerprint density at radius 2 is 1.80 bits per heavy atom. The molecule has 0 amide bonds. The molecule has 0 radical (unpaired) electrons. The van der Waals surface area contributed by atoms with Gasteiger partial charge in [-0.15, -0.1) is 11.3 Å². The van der Waals surface area contributed by atoms with Crippen LogP contribution in [0, 0.1) is 6.92 Å². The van der Waals surface area contributed by atoms with Crippen LogP contribution in [0.25, 0.3) is 0 Å². The van der Waals surface area contributed by atoms with Gasteiger partial charge in [-0.1, -0.05) is 12.1 Å². The van der Waals surface area contributed by atoms with Gasteiger partial charge < -0.3 is 0 Å². The third kappa shape index (κ3) is 3.59. The molecule has 3 N–H and O–H groups in total. The Hall–Kier alpha value is -1.37. The number of nitrogens with two attached hydrogens (primary N) is 1. The van der Waals surface area contributed by atoms with E-state index in [1.54, 1.807) is 11.3 Å². The molecule has 0 fully saturated rings. The maximum Gasteiger partial charge on any atom is 0.416 e. The monoisotopic (exact) mass is 300 g/mol. The van der Waals surface area contributed by atoms with Crippen LogP contribution in [0.1, 0.15) is 26.9 Å². The Morgan fingerprint density at radius 3 is 2.25 bits per heavy atom. The number of hydrogen-bond acceptors (Lipinski definition) is 3. The van der Waals surface area contributed by atoms with Gasteiger partial charge in [0.25, 0.3) is 0 Å². The van der Waals surface area contributed by atoms with Gasteiger partial charge in [0.2, 0.25) is 0 Å². The zero-order valence-corrected chi connectivity index (χ0v) is 11.7. The molecule has 2 aromatic rings. The molecule has 0 bridgehead atoms. The smallest absolute Gasteiger partial charge is 0.271 e. The second-order valence-electron chi connectivity index (χ2n) is 4.57. The fourth-order valence-electron chi connectivity index (χ4n) is 1.95. The van der Waals surface area contributed by atoms with Gasteiger partial charge >= 0.3 is 6.18 Å². The lowest BCUT2D eigenvalue weighted by Crippen LogP contribution is -2.28. The molecule has 0 spiro atoms. The lowest BCUT2D eigenvalue weighted by Gasteiger charge is -2.15. The molecule has 0 saturated heterocycles. The van der Waals surface area contributed by atoms with E-state index in [4.69, 9.17) is 5.84 Å². The van der Waals surface area contributed by atoms with Gasteiger partial charge in [0, 0.05) is 9.75 Å². The van der Waals surface area contributed by atoms with E-state index in [0.717, 1.165) is 22.6 Å². The van der Waals surface area contributed by atoms with Crippen molar-refractivity contribution in [1.29, 1.82) is 0 Å². The fourth-order valence-corrected chi connectivity index (χ4v) is 2.89. The third-order valence-electron chi connectivity index (χ3n) is 3.03. The van der Waals surface area contributed by atoms with Gasteiger partial charge in [0.15, 0.2) is 0 Å². The third-order valence-corrected chi connectivity index (χ3v) is 4.14. The molecule has 6 heteroatoms. The van der Waals surface area contributed by atoms with Crippen LogP contribution >= 0.6 is 11.3 Å². The summed E-state index contributed by atoms with van der Waals surface area (Å²) in [7, 11) is 0. The molecule has 2 rings (SSSR count). The molecule has 2 nitrogen and oxygen atoms in total. The molecule has 0 aliphatic heterocycles. The van der Waals surface area contributed by atoms with E-state index in [2.05, 4.69) is 5.43 Å². The molecule has 1 aromatic heterocycles. The van der Waals surface area contributed by atoms with Crippen molar-refractivity contribution in [3.8, 4) is 0 Å². The summed E-state index contributed by atoms with van der Waals surface area (Å²) in [4.78, 5) is 2.25. The zero-order chi connectivity index (χ0) is 14.8. The largest absolute Gasteiger partial charge is 0.416 e. The predicted molar refractivity (Wildman–Crippen MR) is 74.3 cm³/mol. The molecule has 1 heterocycles. The topological polar surface area (TPSA) is 38.0 Å². The molecule has 0 aliphatic carbocycles. The lowest BCUT2D eigenvalue weighted by molar-refractivity contribution is -0.137. The van der Waals surface area contributed by atoms with Crippen LogP contribution in [0.5, 0.6) is 0 Å². The minimum absolute atomic E-state index is 0.0922. The molecule has 1 unspecified atom stereocenters. The van der Waals surface area contributed by atoms with Crippen molar-refractivity contribution in [1.82, 2.24) is 5.43 Å². The minimum Gasteiger partial charge on any atom is -0.271 e. The summed E-state index contributed by atoms with van der Waals surface area (Å²) in [6.45, 7) is 2.00. The summed E-state index contributed by atoms with van der Waals surface area (Å²) in [5.41, 5.74) is 2.89. The van der Waals surface area contributed by atoms with Crippen molar-refractivity contribution in [3.05, 3.63) is 57.3 Å². The van der Waals surface area contributed by atoms with Gasteiger partial charge in [-0.2, -0.15) is 13.2 Å². The number of hydrogen-bond donors (Lipinski definition) is 2. The number of aryl methyl sites for hydroxylation is 1. The summed E-state index contributed by atoms with van der Waals surface area (Å²) in [6.07, 6.45) is -3.75. The molecular formula is C14H15F3N2S. The summed E-state index contributed by atoms with van der Waals surface area (Å²) in [5.74, 6) is 5.54. The van der Waals surface area contributed by atoms with Gasteiger partial charge in [-0.25, -0.2) is 0 Å². The molecular weight excluding hydrogens is 285 g/mol. The van der Waals surface area contributed by atoms with Crippen molar-refractivity contribution in [2.24, 2.45) is 5.84 Å². The Morgan fingerprint density at radius 1 is 1.15 bits per heavy atom. The number of halogens is 3. The van der Waals surface area contributed by atoms with E-state index >= 15 is 0 Å². The van der Waals surface area contributed by atoms with Crippen molar-refractivity contribution >= 4 is 11.3 Å². The van der Waals surface area contributed by atoms with Gasteiger partial charge in [0.1, 0.15) is 0 Å². The summed E-state index contributed by atoms with van der Waals surface area (Å²) >= 11 is 1.62. The minimum atomic E-state index is -4.30. The molecule has 0 saturated carbocycles. The van der Waals surface area contributed by atoms with Crippen LogP contribution in [-0.2, 0) is 12.6 Å². The van der Waals surface area contributed by atoms with Crippen LogP contribution in [0.2, 0.25) is 0 Å². The highest BCUT2D eigenvalue weighted by atomic mass is 32.1. The normalized spacial score (nSPS) is 13.4. The number of rotatable bonds is 4. The van der Waals surface area contributed by atoms with E-state index in [9.17, 15) is 13.2 Å². The number of alkyl halides is 3. The Kier molecular flexibility index (Phi) is 4.47. The number of hydrazine groups is 1. The zero-order valence-electron chi connectivity index (χ0n) is 10.9. The predicted octanol–water partition coefficient (Wildman–Crippen LogP) is 3.82. The number of benzene rings is 1. The van der Waals surface area contributed by atoms with Gasteiger partial charge in [-0.05, 0) is 43.2 Å². The highest BCUT2D eigenvalue weighted by Crippen LogP contribution is 2.30. The van der Waals surface area contributed by atoms with Crippen LogP contribution in [0.4, 0.5) is 13.2 Å². The fraction of sp³-hybridized carbons (Fsp3) is 0.286. The lowest BCUT2D eigenvalue weighted by atomic mass is 10.0.